The molecular formula is C31H28ClF3N6O2. The first-order valence-corrected chi connectivity index (χ1v) is 14.5. The van der Waals surface area contributed by atoms with E-state index in [-0.39, 0.29) is 35.8 Å². The highest BCUT2D eigenvalue weighted by atomic mass is 35.5. The molecule has 0 spiro atoms. The molecule has 0 aliphatic carbocycles. The number of anilines is 1. The van der Waals surface area contributed by atoms with Crippen molar-refractivity contribution in [3.05, 3.63) is 65.7 Å². The van der Waals surface area contributed by atoms with E-state index in [0.717, 1.165) is 5.39 Å². The monoisotopic (exact) mass is 608 g/mol. The number of likely N-dealkylation sites (N-methyl/N-ethyl adjacent to an activating group) is 1. The molecule has 3 aliphatic heterocycles. The number of carbonyl (C=O) groups is 1. The molecule has 8 nitrogen and oxygen atoms in total. The van der Waals surface area contributed by atoms with Gasteiger partial charge in [-0.2, -0.15) is 9.97 Å². The number of ether oxygens (including phenoxy) is 1. The SMILES string of the molecule is C=C(F)C(=O)N1CC[C@@H]2[C@H]1CN2c1nc(OC[C@@H]2C[C@@H](F)CN2C)nc2nc(-c3cccc4ccc(F)c(Cl)c34)ccc12. The van der Waals surface area contributed by atoms with Gasteiger partial charge in [0.1, 0.15) is 24.4 Å². The first kappa shape index (κ1) is 27.8. The van der Waals surface area contributed by atoms with Crippen LogP contribution in [0.3, 0.4) is 0 Å². The third-order valence-corrected chi connectivity index (χ3v) is 9.20. The molecular weight excluding hydrogens is 581 g/mol. The van der Waals surface area contributed by atoms with E-state index in [1.807, 2.05) is 42.3 Å². The van der Waals surface area contributed by atoms with E-state index in [1.54, 1.807) is 6.07 Å². The van der Waals surface area contributed by atoms with Gasteiger partial charge in [0.05, 0.1) is 28.2 Å². The van der Waals surface area contributed by atoms with Crippen molar-refractivity contribution in [3.8, 4) is 17.3 Å². The number of alkyl halides is 1. The number of likely N-dealkylation sites (tertiary alicyclic amines) is 2. The number of carbonyl (C=O) groups excluding carboxylic acids is 1. The highest BCUT2D eigenvalue weighted by molar-refractivity contribution is 6.36. The van der Waals surface area contributed by atoms with Crippen LogP contribution in [0.15, 0.2) is 54.9 Å². The molecule has 43 heavy (non-hydrogen) atoms. The third-order valence-electron chi connectivity index (χ3n) is 8.83. The van der Waals surface area contributed by atoms with Crippen molar-refractivity contribution in [1.82, 2.24) is 24.8 Å². The fourth-order valence-corrected chi connectivity index (χ4v) is 6.85. The molecule has 4 atom stereocenters. The fraction of sp³-hybridized carbons (Fsp3) is 0.355. The zero-order chi connectivity index (χ0) is 30.0. The van der Waals surface area contributed by atoms with E-state index in [1.165, 1.54) is 11.0 Å². The van der Waals surface area contributed by atoms with Gasteiger partial charge in [-0.1, -0.05) is 42.4 Å². The highest BCUT2D eigenvalue weighted by Gasteiger charge is 2.50. The average Bonchev–Trinajstić information content (AvgIpc) is 3.49. The summed E-state index contributed by atoms with van der Waals surface area (Å²) >= 11 is 6.41. The largest absolute Gasteiger partial charge is 0.462 e. The van der Waals surface area contributed by atoms with Gasteiger partial charge in [-0.25, -0.2) is 18.2 Å². The number of nitrogens with zero attached hydrogens (tertiary/aromatic N) is 6. The molecule has 12 heteroatoms. The van der Waals surface area contributed by atoms with E-state index < -0.39 is 23.7 Å². The molecule has 0 unspecified atom stereocenters. The number of hydrogen-bond acceptors (Lipinski definition) is 7. The highest BCUT2D eigenvalue weighted by Crippen LogP contribution is 2.41. The number of pyridine rings is 1. The Morgan fingerprint density at radius 2 is 1.95 bits per heavy atom. The predicted molar refractivity (Wildman–Crippen MR) is 158 cm³/mol. The van der Waals surface area contributed by atoms with Gasteiger partial charge in [0.2, 0.25) is 0 Å². The van der Waals surface area contributed by atoms with Crippen LogP contribution in [-0.2, 0) is 4.79 Å². The molecule has 222 valence electrons. The van der Waals surface area contributed by atoms with Gasteiger partial charge in [-0.3, -0.25) is 9.69 Å². The van der Waals surface area contributed by atoms with Gasteiger partial charge in [-0.05, 0) is 43.5 Å². The number of hydrogen-bond donors (Lipinski definition) is 0. The van der Waals surface area contributed by atoms with Crippen LogP contribution >= 0.6 is 11.6 Å². The molecule has 7 rings (SSSR count). The van der Waals surface area contributed by atoms with Crippen LogP contribution in [0.5, 0.6) is 6.01 Å². The van der Waals surface area contributed by atoms with Crippen LogP contribution in [-0.4, -0.2) is 88.2 Å². The Bertz CT molecular complexity index is 1790. The van der Waals surface area contributed by atoms with Crippen LogP contribution in [0.25, 0.3) is 33.1 Å². The second-order valence-corrected chi connectivity index (χ2v) is 11.8. The van der Waals surface area contributed by atoms with E-state index in [4.69, 9.17) is 26.3 Å². The summed E-state index contributed by atoms with van der Waals surface area (Å²) in [6, 6.07) is 12.0. The summed E-state index contributed by atoms with van der Waals surface area (Å²) in [6.45, 7) is 4.57. The molecule has 2 aromatic carbocycles. The number of fused-ring (bicyclic) bond motifs is 3. The number of aromatic nitrogens is 3. The summed E-state index contributed by atoms with van der Waals surface area (Å²) in [6.07, 6.45) is 0.0821. The molecule has 0 N–H and O–H groups in total. The van der Waals surface area contributed by atoms with Crippen LogP contribution in [0.1, 0.15) is 12.8 Å². The maximum atomic E-state index is 14.5. The molecule has 4 aromatic rings. The standard InChI is InChI=1S/C31H28ClF3N6O2/c1-16(33)30(42)40-11-10-24-25(40)14-41(24)29-21-7-9-23(20-5-3-4-17-6-8-22(35)27(32)26(17)20)36-28(21)37-31(38-29)43-15-19-12-18(34)13-39(19)2/h3-9,18-19,24-25H,1,10-15H2,2H3/t18-,19+,24-,25-/m1/s1. The second kappa shape index (κ2) is 10.6. The van der Waals surface area contributed by atoms with Gasteiger partial charge >= 0.3 is 6.01 Å². The first-order valence-electron chi connectivity index (χ1n) is 14.1. The lowest BCUT2D eigenvalue weighted by molar-refractivity contribution is -0.130. The number of benzene rings is 2. The molecule has 3 fully saturated rings. The number of halogens is 4. The van der Waals surface area contributed by atoms with Crippen LogP contribution < -0.4 is 9.64 Å². The number of amides is 1. The molecule has 1 amide bonds. The molecule has 3 aliphatic rings. The van der Waals surface area contributed by atoms with E-state index >= 15 is 0 Å². The number of rotatable bonds is 6. The topological polar surface area (TPSA) is 74.7 Å². The van der Waals surface area contributed by atoms with E-state index in [9.17, 15) is 18.0 Å². The Kier molecular flexibility index (Phi) is 6.89. The molecule has 5 heterocycles. The summed E-state index contributed by atoms with van der Waals surface area (Å²) < 4.78 is 48.1. The third kappa shape index (κ3) is 4.75. The zero-order valence-electron chi connectivity index (χ0n) is 23.3. The van der Waals surface area contributed by atoms with Crippen molar-refractivity contribution in [2.75, 3.05) is 38.2 Å². The van der Waals surface area contributed by atoms with Crippen LogP contribution in [0, 0.1) is 5.82 Å². The minimum Gasteiger partial charge on any atom is -0.462 e. The van der Waals surface area contributed by atoms with Crippen molar-refractivity contribution < 1.29 is 22.7 Å². The lowest BCUT2D eigenvalue weighted by Gasteiger charge is -2.47. The van der Waals surface area contributed by atoms with Crippen molar-refractivity contribution >= 4 is 45.1 Å². The van der Waals surface area contributed by atoms with Crippen molar-refractivity contribution in [1.29, 1.82) is 0 Å². The maximum absolute atomic E-state index is 14.5. The molecule has 0 saturated carbocycles. The Balaban J connectivity index is 1.28. The van der Waals surface area contributed by atoms with E-state index in [2.05, 4.69) is 16.5 Å². The molecule has 3 saturated heterocycles. The predicted octanol–water partition coefficient (Wildman–Crippen LogP) is 5.33. The summed E-state index contributed by atoms with van der Waals surface area (Å²) in [5.41, 5.74) is 1.54. The summed E-state index contributed by atoms with van der Waals surface area (Å²) in [4.78, 5) is 32.0. The minimum atomic E-state index is -0.972. The summed E-state index contributed by atoms with van der Waals surface area (Å²) in [5.74, 6) is -1.60. The van der Waals surface area contributed by atoms with Gasteiger partial charge in [0.25, 0.3) is 5.91 Å². The Morgan fingerprint density at radius 1 is 1.12 bits per heavy atom. The van der Waals surface area contributed by atoms with Crippen molar-refractivity contribution in [2.45, 2.75) is 37.1 Å². The van der Waals surface area contributed by atoms with Crippen molar-refractivity contribution in [2.24, 2.45) is 0 Å². The quantitative estimate of drug-likeness (QED) is 0.274. The smallest absolute Gasteiger partial charge is 0.320 e. The lowest BCUT2D eigenvalue weighted by Crippen LogP contribution is -2.63. The van der Waals surface area contributed by atoms with Gasteiger partial charge in [0.15, 0.2) is 11.5 Å². The molecule has 0 bridgehead atoms. The van der Waals surface area contributed by atoms with Crippen LogP contribution in [0.2, 0.25) is 5.02 Å². The normalized spacial score (nSPS) is 23.6. The van der Waals surface area contributed by atoms with Gasteiger partial charge in [-0.15, -0.1) is 0 Å². The van der Waals surface area contributed by atoms with Gasteiger partial charge in [0, 0.05) is 36.6 Å². The van der Waals surface area contributed by atoms with E-state index in [0.29, 0.717) is 66.0 Å². The average molecular weight is 609 g/mol. The maximum Gasteiger partial charge on any atom is 0.320 e. The first-order chi connectivity index (χ1) is 20.7. The Labute approximate surface area is 250 Å². The molecule has 2 aromatic heterocycles. The molecule has 0 radical (unpaired) electrons. The van der Waals surface area contributed by atoms with Crippen LogP contribution in [0.4, 0.5) is 19.0 Å². The zero-order valence-corrected chi connectivity index (χ0v) is 24.1. The lowest BCUT2D eigenvalue weighted by atomic mass is 9.96. The fourth-order valence-electron chi connectivity index (χ4n) is 6.58. The van der Waals surface area contributed by atoms with Gasteiger partial charge < -0.3 is 14.5 Å². The summed E-state index contributed by atoms with van der Waals surface area (Å²) in [5, 5.41) is 1.99. The summed E-state index contributed by atoms with van der Waals surface area (Å²) in [7, 11) is 1.85. The Hall–Kier alpha value is -3.96. The Morgan fingerprint density at radius 3 is 2.72 bits per heavy atom. The second-order valence-electron chi connectivity index (χ2n) is 11.4. The minimum absolute atomic E-state index is 0.0113. The van der Waals surface area contributed by atoms with Crippen molar-refractivity contribution in [3.63, 3.8) is 0 Å².